The van der Waals surface area contributed by atoms with E-state index < -0.39 is 0 Å². The maximum atomic E-state index is 6.79. The largest absolute Gasteiger partial charge is 0.379 e. The molecule has 0 spiro atoms. The predicted molar refractivity (Wildman–Crippen MR) is 124 cm³/mol. The first-order valence-electron chi connectivity index (χ1n) is 12.1. The zero-order chi connectivity index (χ0) is 21.4. The molecule has 32 heavy (non-hydrogen) atoms. The van der Waals surface area contributed by atoms with Gasteiger partial charge in [-0.05, 0) is 80.6 Å². The predicted octanol–water partition coefficient (Wildman–Crippen LogP) is 4.60. The average molecular weight is 452 g/mol. The van der Waals surface area contributed by atoms with Crippen LogP contribution in [0.15, 0.2) is 30.7 Å². The summed E-state index contributed by atoms with van der Waals surface area (Å²) in [7, 11) is 0. The average Bonchev–Trinajstić information content (AvgIpc) is 3.45. The van der Waals surface area contributed by atoms with E-state index in [-0.39, 0.29) is 0 Å². The summed E-state index contributed by atoms with van der Waals surface area (Å²) in [6.07, 6.45) is 12.2. The van der Waals surface area contributed by atoms with Gasteiger partial charge >= 0.3 is 0 Å². The van der Waals surface area contributed by atoms with Gasteiger partial charge in [-0.1, -0.05) is 18.5 Å². The van der Waals surface area contributed by atoms with E-state index in [2.05, 4.69) is 34.8 Å². The summed E-state index contributed by atoms with van der Waals surface area (Å²) >= 11 is 6.79. The van der Waals surface area contributed by atoms with E-state index in [0.717, 1.165) is 66.7 Å². The molecule has 2 saturated heterocycles. The first-order chi connectivity index (χ1) is 15.6. The van der Waals surface area contributed by atoms with Crippen molar-refractivity contribution in [3.63, 3.8) is 0 Å². The van der Waals surface area contributed by atoms with Crippen molar-refractivity contribution in [2.24, 2.45) is 11.8 Å². The molecule has 0 N–H and O–H groups in total. The molecule has 7 heteroatoms. The lowest BCUT2D eigenvalue weighted by atomic mass is 9.50. The number of ether oxygens (including phenoxy) is 1. The van der Waals surface area contributed by atoms with E-state index in [9.17, 15) is 0 Å². The van der Waals surface area contributed by atoms with E-state index >= 15 is 0 Å². The molecule has 5 aliphatic rings. The Bertz CT molecular complexity index is 1160. The number of rotatable bonds is 4. The highest BCUT2D eigenvalue weighted by Gasteiger charge is 2.58. The van der Waals surface area contributed by atoms with Gasteiger partial charge in [0.05, 0.1) is 42.9 Å². The van der Waals surface area contributed by atoms with E-state index in [1.807, 2.05) is 17.1 Å². The third-order valence-electron chi connectivity index (χ3n) is 8.76. The molecule has 3 saturated carbocycles. The standard InChI is InChI=1S/C25H30ClN5O/c1-16-14-32-15-24(16)29-4-2-18(3-5-29)21-7-23-19(6-22(21)26)11-28-31(23)20-12-27-30(13-20)25-8-17(9-25)10-25/h6-7,11-13,16-18,24H,2-5,8-10,14-15H2,1H3/t16-,17?,24?,25?/m0/s1. The third kappa shape index (κ3) is 2.85. The van der Waals surface area contributed by atoms with Gasteiger partial charge in [0, 0.05) is 16.5 Å². The molecule has 2 atom stereocenters. The zero-order valence-electron chi connectivity index (χ0n) is 18.6. The first kappa shape index (κ1) is 19.6. The number of halogens is 1. The number of hydrogen-bond donors (Lipinski definition) is 0. The van der Waals surface area contributed by atoms with Gasteiger partial charge < -0.3 is 4.74 Å². The van der Waals surface area contributed by atoms with Crippen LogP contribution in [0.5, 0.6) is 0 Å². The van der Waals surface area contributed by atoms with Gasteiger partial charge in [0.25, 0.3) is 0 Å². The molecule has 2 bridgehead atoms. The molecule has 1 unspecified atom stereocenters. The van der Waals surface area contributed by atoms with Crippen molar-refractivity contribution >= 4 is 22.5 Å². The van der Waals surface area contributed by atoms with Crippen LogP contribution >= 0.6 is 11.6 Å². The van der Waals surface area contributed by atoms with Crippen LogP contribution in [-0.4, -0.2) is 56.8 Å². The minimum atomic E-state index is 0.302. The van der Waals surface area contributed by atoms with Crippen molar-refractivity contribution in [1.82, 2.24) is 24.5 Å². The van der Waals surface area contributed by atoms with Crippen molar-refractivity contribution in [3.05, 3.63) is 41.3 Å². The summed E-state index contributed by atoms with van der Waals surface area (Å²) in [6, 6.07) is 4.96. The topological polar surface area (TPSA) is 48.1 Å². The van der Waals surface area contributed by atoms with Crippen LogP contribution < -0.4 is 0 Å². The number of nitrogens with zero attached hydrogens (tertiary/aromatic N) is 5. The zero-order valence-corrected chi connectivity index (χ0v) is 19.3. The highest BCUT2D eigenvalue weighted by molar-refractivity contribution is 6.32. The second-order valence-corrected chi connectivity index (χ2v) is 11.1. The quantitative estimate of drug-likeness (QED) is 0.581. The van der Waals surface area contributed by atoms with Crippen molar-refractivity contribution < 1.29 is 4.74 Å². The molecule has 3 aromatic rings. The van der Waals surface area contributed by atoms with Gasteiger partial charge in [-0.2, -0.15) is 10.2 Å². The fourth-order valence-corrected chi connectivity index (χ4v) is 6.96. The SMILES string of the molecule is C[C@H]1COCC1N1CCC(c2cc3c(cnn3-c3cnn(C45CC(C4)C5)c3)cc2Cl)CC1. The van der Waals surface area contributed by atoms with E-state index in [4.69, 9.17) is 26.5 Å². The van der Waals surface area contributed by atoms with E-state index in [0.29, 0.717) is 23.4 Å². The molecule has 168 valence electrons. The van der Waals surface area contributed by atoms with Crippen molar-refractivity contribution in [3.8, 4) is 5.69 Å². The maximum Gasteiger partial charge on any atom is 0.103 e. The summed E-state index contributed by atoms with van der Waals surface area (Å²) in [6.45, 7) is 6.33. The van der Waals surface area contributed by atoms with Gasteiger partial charge in [-0.3, -0.25) is 9.58 Å². The summed E-state index contributed by atoms with van der Waals surface area (Å²) < 4.78 is 9.93. The molecule has 1 aromatic carbocycles. The second kappa shape index (κ2) is 7.05. The van der Waals surface area contributed by atoms with Crippen molar-refractivity contribution in [1.29, 1.82) is 0 Å². The lowest BCUT2D eigenvalue weighted by molar-refractivity contribution is -0.0977. The number of hydrogen-bond acceptors (Lipinski definition) is 4. The molecule has 8 rings (SSSR count). The Morgan fingerprint density at radius 3 is 2.56 bits per heavy atom. The van der Waals surface area contributed by atoms with Crippen LogP contribution in [0.25, 0.3) is 16.6 Å². The highest BCUT2D eigenvalue weighted by atomic mass is 35.5. The molecule has 4 heterocycles. The summed E-state index contributed by atoms with van der Waals surface area (Å²) in [5, 5.41) is 11.4. The molecule has 0 amide bonds. The Labute approximate surface area is 193 Å². The van der Waals surface area contributed by atoms with Gasteiger partial charge in [0.2, 0.25) is 0 Å². The van der Waals surface area contributed by atoms with Crippen LogP contribution in [0, 0.1) is 11.8 Å². The summed E-state index contributed by atoms with van der Waals surface area (Å²) in [4.78, 5) is 2.63. The van der Waals surface area contributed by atoms with Crippen LogP contribution in [0.2, 0.25) is 5.02 Å². The fraction of sp³-hybridized carbons (Fsp3) is 0.600. The van der Waals surface area contributed by atoms with Gasteiger partial charge in [0.15, 0.2) is 0 Å². The van der Waals surface area contributed by atoms with Crippen LogP contribution in [0.3, 0.4) is 0 Å². The van der Waals surface area contributed by atoms with Crippen molar-refractivity contribution in [2.75, 3.05) is 26.3 Å². The smallest absolute Gasteiger partial charge is 0.103 e. The fourth-order valence-electron chi connectivity index (χ4n) is 6.63. The van der Waals surface area contributed by atoms with Gasteiger partial charge in [-0.25, -0.2) is 4.68 Å². The first-order valence-corrected chi connectivity index (χ1v) is 12.5. The maximum absolute atomic E-state index is 6.79. The third-order valence-corrected chi connectivity index (χ3v) is 9.08. The number of piperidine rings is 1. The van der Waals surface area contributed by atoms with Gasteiger partial charge in [-0.15, -0.1) is 0 Å². The Balaban J connectivity index is 1.15. The molecular formula is C25H30ClN5O. The molecular weight excluding hydrogens is 422 g/mol. The lowest BCUT2D eigenvalue weighted by Crippen LogP contribution is -2.59. The summed E-state index contributed by atoms with van der Waals surface area (Å²) in [5.74, 6) is 2.06. The Kier molecular flexibility index (Phi) is 4.31. The number of benzene rings is 1. The minimum absolute atomic E-state index is 0.302. The Hall–Kier alpha value is -1.89. The van der Waals surface area contributed by atoms with E-state index in [1.165, 1.54) is 24.8 Å². The Morgan fingerprint density at radius 2 is 1.88 bits per heavy atom. The van der Waals surface area contributed by atoms with Crippen molar-refractivity contribution in [2.45, 2.75) is 56.5 Å². The van der Waals surface area contributed by atoms with Gasteiger partial charge in [0.1, 0.15) is 5.69 Å². The monoisotopic (exact) mass is 451 g/mol. The molecule has 5 fully saturated rings. The van der Waals surface area contributed by atoms with Crippen LogP contribution in [0.4, 0.5) is 0 Å². The Morgan fingerprint density at radius 1 is 1.06 bits per heavy atom. The number of fused-ring (bicyclic) bond motifs is 1. The van der Waals surface area contributed by atoms with Crippen LogP contribution in [0.1, 0.15) is 50.5 Å². The minimum Gasteiger partial charge on any atom is -0.379 e. The number of aromatic nitrogens is 4. The highest BCUT2D eigenvalue weighted by Crippen LogP contribution is 2.62. The van der Waals surface area contributed by atoms with Crippen LogP contribution in [-0.2, 0) is 10.3 Å². The lowest BCUT2D eigenvalue weighted by Gasteiger charge is -2.61. The molecule has 2 aromatic heterocycles. The normalized spacial score (nSPS) is 32.9. The van der Waals surface area contributed by atoms with E-state index in [1.54, 1.807) is 0 Å². The molecule has 3 aliphatic carbocycles. The molecule has 0 radical (unpaired) electrons. The summed E-state index contributed by atoms with van der Waals surface area (Å²) in [5.41, 5.74) is 3.74. The molecule has 2 aliphatic heterocycles. The number of likely N-dealkylation sites (tertiary alicyclic amines) is 1. The molecule has 6 nitrogen and oxygen atoms in total. The second-order valence-electron chi connectivity index (χ2n) is 10.7.